The van der Waals surface area contributed by atoms with Gasteiger partial charge in [0.15, 0.2) is 0 Å². The van der Waals surface area contributed by atoms with Crippen molar-refractivity contribution in [3.8, 4) is 0 Å². The van der Waals surface area contributed by atoms with Crippen molar-refractivity contribution in [3.05, 3.63) is 22.8 Å². The van der Waals surface area contributed by atoms with Gasteiger partial charge in [-0.2, -0.15) is 0 Å². The van der Waals surface area contributed by atoms with E-state index in [0.29, 0.717) is 10.6 Å². The fourth-order valence-corrected chi connectivity index (χ4v) is 2.14. The Balaban J connectivity index is 2.18. The summed E-state index contributed by atoms with van der Waals surface area (Å²) in [5, 5.41) is 22.1. The first-order valence-electron chi connectivity index (χ1n) is 5.62. The summed E-state index contributed by atoms with van der Waals surface area (Å²) < 4.78 is 0. The molecule has 1 aliphatic rings. The van der Waals surface area contributed by atoms with Gasteiger partial charge in [0.05, 0.1) is 11.6 Å². The van der Waals surface area contributed by atoms with Gasteiger partial charge in [0.2, 0.25) is 0 Å². The van der Waals surface area contributed by atoms with Crippen molar-refractivity contribution in [2.45, 2.75) is 6.10 Å². The number of aliphatic hydroxyl groups excluding tert-OH is 2. The van der Waals surface area contributed by atoms with Gasteiger partial charge in [0, 0.05) is 37.9 Å². The minimum Gasteiger partial charge on any atom is -0.393 e. The third-order valence-electron chi connectivity index (χ3n) is 2.82. The summed E-state index contributed by atoms with van der Waals surface area (Å²) >= 11 is 6.15. The summed E-state index contributed by atoms with van der Waals surface area (Å²) in [4.78, 5) is 6.37. The zero-order valence-electron chi connectivity index (χ0n) is 9.43. The van der Waals surface area contributed by atoms with E-state index in [1.807, 2.05) is 0 Å². The minimum atomic E-state index is -0.919. The number of anilines is 1. The van der Waals surface area contributed by atoms with Gasteiger partial charge in [-0.25, -0.2) is 4.98 Å². The van der Waals surface area contributed by atoms with Crippen LogP contribution in [0.4, 0.5) is 5.82 Å². The second-order valence-corrected chi connectivity index (χ2v) is 4.42. The maximum absolute atomic E-state index is 9.48. The molecule has 5 nitrogen and oxygen atoms in total. The van der Waals surface area contributed by atoms with E-state index in [2.05, 4.69) is 15.2 Å². The summed E-state index contributed by atoms with van der Waals surface area (Å²) in [6, 6.07) is 1.66. The smallest absolute Gasteiger partial charge is 0.147 e. The molecule has 0 saturated carbocycles. The van der Waals surface area contributed by atoms with E-state index < -0.39 is 6.10 Å². The van der Waals surface area contributed by atoms with E-state index in [1.54, 1.807) is 12.3 Å². The lowest BCUT2D eigenvalue weighted by atomic mass is 10.2. The van der Waals surface area contributed by atoms with E-state index in [4.69, 9.17) is 16.7 Å². The third kappa shape index (κ3) is 2.87. The van der Waals surface area contributed by atoms with Crippen LogP contribution in [0, 0.1) is 0 Å². The Morgan fingerprint density at radius 2 is 2.18 bits per heavy atom. The SMILES string of the molecule is OC[C@@H](O)c1cnc(N2CCNCC2)c(Cl)c1. The molecule has 0 bridgehead atoms. The first-order valence-corrected chi connectivity index (χ1v) is 6.00. The fourth-order valence-electron chi connectivity index (χ4n) is 1.84. The molecule has 6 heteroatoms. The summed E-state index contributed by atoms with van der Waals surface area (Å²) in [6.45, 7) is 3.24. The number of pyridine rings is 1. The maximum Gasteiger partial charge on any atom is 0.147 e. The quantitative estimate of drug-likeness (QED) is 0.720. The normalized spacial score (nSPS) is 18.2. The summed E-state index contributed by atoms with van der Waals surface area (Å²) in [6.07, 6.45) is 0.640. The van der Waals surface area contributed by atoms with E-state index >= 15 is 0 Å². The lowest BCUT2D eigenvalue weighted by Gasteiger charge is -2.29. The topological polar surface area (TPSA) is 68.6 Å². The van der Waals surface area contributed by atoms with Crippen LogP contribution in [0.1, 0.15) is 11.7 Å². The van der Waals surface area contributed by atoms with E-state index in [9.17, 15) is 5.11 Å². The molecule has 1 aliphatic heterocycles. The number of nitrogens with one attached hydrogen (secondary N) is 1. The number of piperazine rings is 1. The summed E-state index contributed by atoms with van der Waals surface area (Å²) in [5.41, 5.74) is 0.538. The summed E-state index contributed by atoms with van der Waals surface area (Å²) in [7, 11) is 0. The molecule has 1 atom stereocenters. The highest BCUT2D eigenvalue weighted by atomic mass is 35.5. The highest BCUT2D eigenvalue weighted by molar-refractivity contribution is 6.33. The van der Waals surface area contributed by atoms with Crippen molar-refractivity contribution >= 4 is 17.4 Å². The molecule has 2 heterocycles. The van der Waals surface area contributed by atoms with Crippen molar-refractivity contribution in [2.24, 2.45) is 0 Å². The van der Waals surface area contributed by atoms with Crippen LogP contribution in [0.2, 0.25) is 5.02 Å². The van der Waals surface area contributed by atoms with Crippen LogP contribution in [-0.2, 0) is 0 Å². The van der Waals surface area contributed by atoms with Gasteiger partial charge in [-0.05, 0) is 6.07 Å². The first kappa shape index (κ1) is 12.6. The molecular formula is C11H16ClN3O2. The zero-order chi connectivity index (χ0) is 12.3. The highest BCUT2D eigenvalue weighted by Crippen LogP contribution is 2.26. The molecule has 0 unspecified atom stereocenters. The van der Waals surface area contributed by atoms with Crippen molar-refractivity contribution in [3.63, 3.8) is 0 Å². The van der Waals surface area contributed by atoms with Crippen LogP contribution in [-0.4, -0.2) is 48.0 Å². The molecule has 1 saturated heterocycles. The monoisotopic (exact) mass is 257 g/mol. The molecule has 17 heavy (non-hydrogen) atoms. The Bertz CT molecular complexity index is 383. The Morgan fingerprint density at radius 1 is 1.47 bits per heavy atom. The van der Waals surface area contributed by atoms with Crippen molar-refractivity contribution in [2.75, 3.05) is 37.7 Å². The number of rotatable bonds is 3. The van der Waals surface area contributed by atoms with Crippen LogP contribution in [0.25, 0.3) is 0 Å². The molecule has 94 valence electrons. The van der Waals surface area contributed by atoms with Gasteiger partial charge in [-0.3, -0.25) is 0 Å². The van der Waals surface area contributed by atoms with Crippen LogP contribution >= 0.6 is 11.6 Å². The third-order valence-corrected chi connectivity index (χ3v) is 3.10. The predicted octanol–water partition coefficient (Wildman–Crippen LogP) is 0.170. The van der Waals surface area contributed by atoms with Gasteiger partial charge >= 0.3 is 0 Å². The molecule has 1 aromatic heterocycles. The lowest BCUT2D eigenvalue weighted by Crippen LogP contribution is -2.44. The van der Waals surface area contributed by atoms with Crippen molar-refractivity contribution < 1.29 is 10.2 Å². The Hall–Kier alpha value is -0.880. The molecule has 0 spiro atoms. The second kappa shape index (κ2) is 5.64. The van der Waals surface area contributed by atoms with E-state index in [-0.39, 0.29) is 6.61 Å². The molecule has 0 amide bonds. The second-order valence-electron chi connectivity index (χ2n) is 4.01. The molecule has 3 N–H and O–H groups in total. The van der Waals surface area contributed by atoms with Gasteiger partial charge < -0.3 is 20.4 Å². The van der Waals surface area contributed by atoms with E-state index in [0.717, 1.165) is 32.0 Å². The molecule has 0 radical (unpaired) electrons. The highest BCUT2D eigenvalue weighted by Gasteiger charge is 2.16. The Labute approximate surface area is 105 Å². The average molecular weight is 258 g/mol. The standard InChI is InChI=1S/C11H16ClN3O2/c12-9-5-8(10(17)7-16)6-14-11(9)15-3-1-13-2-4-15/h5-6,10,13,16-17H,1-4,7H2/t10-/m1/s1. The number of aromatic nitrogens is 1. The number of halogens is 1. The van der Waals surface area contributed by atoms with Crippen LogP contribution in [0.15, 0.2) is 12.3 Å². The molecule has 1 aromatic rings. The lowest BCUT2D eigenvalue weighted by molar-refractivity contribution is 0.0953. The number of nitrogens with zero attached hydrogens (tertiary/aromatic N) is 2. The number of hydrogen-bond acceptors (Lipinski definition) is 5. The molecule has 0 aliphatic carbocycles. The van der Waals surface area contributed by atoms with Crippen molar-refractivity contribution in [1.82, 2.24) is 10.3 Å². The zero-order valence-corrected chi connectivity index (χ0v) is 10.2. The van der Waals surface area contributed by atoms with Crippen LogP contribution in [0.5, 0.6) is 0 Å². The van der Waals surface area contributed by atoms with Gasteiger partial charge in [-0.15, -0.1) is 0 Å². The van der Waals surface area contributed by atoms with Gasteiger partial charge in [0.1, 0.15) is 11.9 Å². The van der Waals surface area contributed by atoms with Crippen LogP contribution in [0.3, 0.4) is 0 Å². The predicted molar refractivity (Wildman–Crippen MR) is 66.4 cm³/mol. The first-order chi connectivity index (χ1) is 8.22. The minimum absolute atomic E-state index is 0.328. The van der Waals surface area contributed by atoms with Crippen LogP contribution < -0.4 is 10.2 Å². The fraction of sp³-hybridized carbons (Fsp3) is 0.545. The average Bonchev–Trinajstić information content (AvgIpc) is 2.38. The summed E-state index contributed by atoms with van der Waals surface area (Å²) in [5.74, 6) is 0.738. The number of aliphatic hydroxyl groups is 2. The Morgan fingerprint density at radius 3 is 2.76 bits per heavy atom. The van der Waals surface area contributed by atoms with Crippen molar-refractivity contribution in [1.29, 1.82) is 0 Å². The Kier molecular flexibility index (Phi) is 4.17. The molecule has 2 rings (SSSR count). The number of hydrogen-bond donors (Lipinski definition) is 3. The largest absolute Gasteiger partial charge is 0.393 e. The maximum atomic E-state index is 9.48. The molecule has 1 fully saturated rings. The van der Waals surface area contributed by atoms with Gasteiger partial charge in [0.25, 0.3) is 0 Å². The molecule has 0 aromatic carbocycles. The van der Waals surface area contributed by atoms with Gasteiger partial charge in [-0.1, -0.05) is 11.6 Å². The van der Waals surface area contributed by atoms with E-state index in [1.165, 1.54) is 0 Å². The molecular weight excluding hydrogens is 242 g/mol.